The number of rotatable bonds is 6. The molecule has 0 N–H and O–H groups in total. The van der Waals surface area contributed by atoms with Crippen molar-refractivity contribution < 1.29 is 29.0 Å². The van der Waals surface area contributed by atoms with Crippen LogP contribution in [0.2, 0.25) is 0 Å². The molecule has 10 rings (SSSR count). The first kappa shape index (κ1) is 40.1. The number of methoxy groups -OCH3 is 1. The molecule has 8 bridgehead atoms. The molecule has 6 heterocycles. The van der Waals surface area contributed by atoms with Crippen LogP contribution in [0.1, 0.15) is 19.5 Å². The summed E-state index contributed by atoms with van der Waals surface area (Å²) >= 11 is 0. The summed E-state index contributed by atoms with van der Waals surface area (Å²) in [4.78, 5) is 25.3. The molecule has 1 aliphatic heterocycles. The van der Waals surface area contributed by atoms with E-state index in [9.17, 15) is 0 Å². The summed E-state index contributed by atoms with van der Waals surface area (Å²) in [6.07, 6.45) is 3.50. The summed E-state index contributed by atoms with van der Waals surface area (Å²) in [7, 11) is 1.69. The average Bonchev–Trinajstić information content (AvgIpc) is 4.13. The topological polar surface area (TPSA) is 87.8 Å². The Kier molecular flexibility index (Phi) is 11.8. The Hall–Kier alpha value is -6.73. The van der Waals surface area contributed by atoms with Crippen molar-refractivity contribution in [1.82, 2.24) is 24.9 Å². The number of hydrogen-bond donors (Lipinski definition) is 0. The summed E-state index contributed by atoms with van der Waals surface area (Å²) in [6.45, 7) is 4.19. The van der Waals surface area contributed by atoms with Gasteiger partial charge in [-0.2, -0.15) is 0 Å². The van der Waals surface area contributed by atoms with Crippen molar-refractivity contribution in [1.29, 1.82) is 0 Å². The van der Waals surface area contributed by atoms with Crippen LogP contribution in [-0.4, -0.2) is 12.1 Å². The summed E-state index contributed by atoms with van der Waals surface area (Å²) in [5.41, 5.74) is 12.8. The van der Waals surface area contributed by atoms with Crippen LogP contribution in [0.5, 0.6) is 5.88 Å². The number of hydrogen-bond acceptors (Lipinski definition) is 3. The van der Waals surface area contributed by atoms with E-state index < -0.39 is 5.79 Å². The number of ether oxygens (including phenoxy) is 2. The van der Waals surface area contributed by atoms with Gasteiger partial charge in [0.1, 0.15) is 0 Å². The molecule has 0 amide bonds. The molecule has 0 radical (unpaired) electrons. The monoisotopic (exact) mass is 831 g/mol. The van der Waals surface area contributed by atoms with Crippen molar-refractivity contribution in [2.24, 2.45) is 5.92 Å². The minimum absolute atomic E-state index is 0. The first-order valence-electron chi connectivity index (χ1n) is 19.7. The van der Waals surface area contributed by atoms with E-state index in [1.807, 2.05) is 97.1 Å². The zero-order chi connectivity index (χ0) is 40.2. The van der Waals surface area contributed by atoms with E-state index in [4.69, 9.17) is 29.4 Å². The summed E-state index contributed by atoms with van der Waals surface area (Å²) in [6, 6.07) is 59.2. The van der Waals surface area contributed by atoms with Crippen molar-refractivity contribution in [3.05, 3.63) is 194 Å². The second-order valence-corrected chi connectivity index (χ2v) is 14.5. The molecule has 9 aromatic rings. The minimum atomic E-state index is -1.22. The largest absolute Gasteiger partial charge is 2.00 e. The van der Waals surface area contributed by atoms with Gasteiger partial charge in [-0.3, -0.25) is 4.98 Å². The average molecular weight is 833 g/mol. The van der Waals surface area contributed by atoms with Gasteiger partial charge in [0.05, 0.1) is 11.1 Å². The Labute approximate surface area is 362 Å². The second-order valence-electron chi connectivity index (χ2n) is 14.5. The molecule has 0 unspecified atom stereocenters. The molecular weight excluding hydrogens is 792 g/mol. The van der Waals surface area contributed by atoms with Gasteiger partial charge in [0.15, 0.2) is 0 Å². The standard InChI is InChI=1S/C47H36N4O2.C5H5N.Zn/c1-30(2)47(52-3)45-43(33-20-12-6-13-21-33)39-28-26-37(49-39)41(31-16-8-4-9-17-31)35-24-25-36(48-35)42(32-18-10-5-11-19-32)38-27-29-40(50-38)44(46(51-45)53-47)34-22-14-7-15-23-34;1-2-4-6-5-3-1;/h4-30H,1-3H3;1-5H;/q-2;;+2/t47-;;/m0../s1. The molecule has 4 aromatic carbocycles. The Morgan fingerprint density at radius 3 is 1.35 bits per heavy atom. The van der Waals surface area contributed by atoms with Crippen molar-refractivity contribution in [3.8, 4) is 50.4 Å². The molecule has 8 heteroatoms. The van der Waals surface area contributed by atoms with Crippen molar-refractivity contribution in [3.63, 3.8) is 0 Å². The smallest absolute Gasteiger partial charge is 0.643 e. The Balaban J connectivity index is 0.000000657. The van der Waals surface area contributed by atoms with Gasteiger partial charge in [0.25, 0.3) is 0 Å². The molecule has 60 heavy (non-hydrogen) atoms. The zero-order valence-corrected chi connectivity index (χ0v) is 36.7. The van der Waals surface area contributed by atoms with E-state index in [0.29, 0.717) is 11.6 Å². The van der Waals surface area contributed by atoms with Crippen molar-refractivity contribution in [2.45, 2.75) is 19.6 Å². The fraction of sp³-hybridized carbons (Fsp3) is 0.0962. The van der Waals surface area contributed by atoms with Crippen LogP contribution in [0.25, 0.3) is 77.6 Å². The van der Waals surface area contributed by atoms with Gasteiger partial charge in [-0.15, -0.1) is 11.0 Å². The molecule has 288 valence electrons. The number of fused-ring (bicyclic) bond motifs is 8. The maximum Gasteiger partial charge on any atom is 2.00 e. The van der Waals surface area contributed by atoms with Crippen LogP contribution in [0, 0.1) is 5.92 Å². The molecule has 0 fully saturated rings. The predicted octanol–water partition coefficient (Wildman–Crippen LogP) is 11.8. The molecule has 1 aliphatic rings. The Bertz CT molecular complexity index is 2950. The fourth-order valence-electron chi connectivity index (χ4n) is 7.79. The molecule has 0 saturated heterocycles. The number of nitrogens with zero attached hydrogens (tertiary/aromatic N) is 5. The maximum atomic E-state index is 7.05. The van der Waals surface area contributed by atoms with Gasteiger partial charge < -0.3 is 29.4 Å². The molecule has 1 atom stereocenters. The van der Waals surface area contributed by atoms with Gasteiger partial charge in [-0.25, -0.2) is 0 Å². The summed E-state index contributed by atoms with van der Waals surface area (Å²) in [5.74, 6) is -0.918. The molecule has 5 aromatic heterocycles. The van der Waals surface area contributed by atoms with Crippen LogP contribution >= 0.6 is 0 Å². The third-order valence-corrected chi connectivity index (χ3v) is 10.6. The van der Waals surface area contributed by atoms with E-state index in [-0.39, 0.29) is 25.4 Å². The zero-order valence-electron chi connectivity index (χ0n) is 33.7. The SMILES string of the molecule is CO[C@@]1(C(C)C)Oc2[n-]c1c(-c1ccccc1)c1ccc([n-]1)[c+](-c1ccccc1)c1ccc([n-]1)[c+](-c1ccccc1)c1ccc([n-]1)c2-c1ccccc1.[Zn+2].c1ccncc1. The first-order chi connectivity index (χ1) is 29.0. The van der Waals surface area contributed by atoms with E-state index in [0.717, 1.165) is 77.6 Å². The third-order valence-electron chi connectivity index (χ3n) is 10.6. The van der Waals surface area contributed by atoms with Gasteiger partial charge >= 0.3 is 19.5 Å². The van der Waals surface area contributed by atoms with E-state index in [1.54, 1.807) is 19.5 Å². The third kappa shape index (κ3) is 7.64. The maximum absolute atomic E-state index is 7.05. The Morgan fingerprint density at radius 2 is 0.917 bits per heavy atom. The number of pyridine rings is 1. The van der Waals surface area contributed by atoms with E-state index in [2.05, 4.69) is 97.7 Å². The summed E-state index contributed by atoms with van der Waals surface area (Å²) < 4.78 is 13.5. The molecule has 0 spiro atoms. The van der Waals surface area contributed by atoms with Crippen molar-refractivity contribution >= 4 is 33.1 Å². The molecule has 0 saturated carbocycles. The van der Waals surface area contributed by atoms with Crippen LogP contribution in [0.3, 0.4) is 0 Å². The van der Waals surface area contributed by atoms with Gasteiger partial charge in [0, 0.05) is 78.8 Å². The summed E-state index contributed by atoms with van der Waals surface area (Å²) in [5, 5.41) is 0. The van der Waals surface area contributed by atoms with Crippen LogP contribution < -0.4 is 24.7 Å². The second kappa shape index (κ2) is 17.6. The van der Waals surface area contributed by atoms with Crippen LogP contribution in [0.15, 0.2) is 188 Å². The van der Waals surface area contributed by atoms with Crippen LogP contribution in [0.4, 0.5) is 0 Å². The fourth-order valence-corrected chi connectivity index (χ4v) is 7.79. The Morgan fingerprint density at radius 1 is 0.500 bits per heavy atom. The number of aromatic nitrogens is 5. The molecule has 7 nitrogen and oxygen atoms in total. The van der Waals surface area contributed by atoms with Gasteiger partial charge in [0.2, 0.25) is 5.79 Å². The normalized spacial score (nSPS) is 13.9. The first-order valence-corrected chi connectivity index (χ1v) is 19.7. The van der Waals surface area contributed by atoms with Gasteiger partial charge in [-0.05, 0) is 106 Å². The van der Waals surface area contributed by atoms with E-state index in [1.165, 1.54) is 0 Å². The minimum Gasteiger partial charge on any atom is -0.643 e. The van der Waals surface area contributed by atoms with Gasteiger partial charge in [-0.1, -0.05) is 97.3 Å². The predicted molar refractivity (Wildman–Crippen MR) is 238 cm³/mol. The number of benzene rings is 4. The van der Waals surface area contributed by atoms with Crippen molar-refractivity contribution in [2.75, 3.05) is 7.11 Å². The quantitative estimate of drug-likeness (QED) is 0.122. The van der Waals surface area contributed by atoms with Crippen LogP contribution in [-0.2, 0) is 30.0 Å². The van der Waals surface area contributed by atoms with E-state index >= 15 is 0 Å². The molecule has 0 aliphatic carbocycles. The molecular formula is C52H41N5O2Zn.